The molecule has 1 aliphatic rings. The number of amides is 1. The van der Waals surface area contributed by atoms with Gasteiger partial charge in [-0.25, -0.2) is 4.79 Å². The Bertz CT molecular complexity index is 287. The first-order chi connectivity index (χ1) is 7.93. The van der Waals surface area contributed by atoms with E-state index in [2.05, 4.69) is 10.6 Å². The van der Waals surface area contributed by atoms with Gasteiger partial charge in [0.15, 0.2) is 0 Å². The maximum Gasteiger partial charge on any atom is 0.327 e. The number of carbonyl (C=O) groups excluding carboxylic acids is 1. The number of nitrogens with one attached hydrogen (secondary N) is 2. The zero-order valence-electron chi connectivity index (χ0n) is 10.3. The predicted octanol–water partition coefficient (Wildman–Crippen LogP) is -0.266. The summed E-state index contributed by atoms with van der Waals surface area (Å²) < 4.78 is 5.36. The van der Waals surface area contributed by atoms with E-state index in [0.717, 1.165) is 19.4 Å². The highest BCUT2D eigenvalue weighted by atomic mass is 16.5. The Labute approximate surface area is 101 Å². The van der Waals surface area contributed by atoms with Gasteiger partial charge in [-0.2, -0.15) is 0 Å². The number of carbonyl (C=O) groups is 2. The van der Waals surface area contributed by atoms with Crippen LogP contribution in [0.4, 0.5) is 0 Å². The van der Waals surface area contributed by atoms with Gasteiger partial charge in [0, 0.05) is 25.6 Å². The van der Waals surface area contributed by atoms with Crippen LogP contribution in [0.2, 0.25) is 0 Å². The topological polar surface area (TPSA) is 87.7 Å². The lowest BCUT2D eigenvalue weighted by Crippen LogP contribution is -2.55. The fraction of sp³-hybridized carbons (Fsp3) is 0.818. The number of ether oxygens (including phenoxy) is 1. The summed E-state index contributed by atoms with van der Waals surface area (Å²) in [5.74, 6) is -1.38. The van der Waals surface area contributed by atoms with Gasteiger partial charge in [-0.3, -0.25) is 4.79 Å². The third kappa shape index (κ3) is 4.70. The Hall–Kier alpha value is -1.14. The summed E-state index contributed by atoms with van der Waals surface area (Å²) in [5.41, 5.74) is -0.204. The van der Waals surface area contributed by atoms with Gasteiger partial charge in [-0.1, -0.05) is 0 Å². The first-order valence-electron chi connectivity index (χ1n) is 5.76. The molecule has 0 aromatic rings. The molecular formula is C11H20N2O4. The average molecular weight is 244 g/mol. The Morgan fingerprint density at radius 1 is 1.53 bits per heavy atom. The molecule has 98 valence electrons. The zero-order valence-corrected chi connectivity index (χ0v) is 10.3. The maximum atomic E-state index is 10.9. The molecule has 0 aromatic heterocycles. The van der Waals surface area contributed by atoms with Crippen molar-refractivity contribution in [2.24, 2.45) is 0 Å². The third-order valence-electron chi connectivity index (χ3n) is 2.85. The van der Waals surface area contributed by atoms with Crippen LogP contribution in [0.25, 0.3) is 0 Å². The quantitative estimate of drug-likeness (QED) is 0.620. The number of hydrogen-bond acceptors (Lipinski definition) is 4. The second-order valence-corrected chi connectivity index (χ2v) is 4.69. The minimum atomic E-state index is -1.03. The summed E-state index contributed by atoms with van der Waals surface area (Å²) in [7, 11) is 0. The number of aliphatic carboxylic acids is 1. The van der Waals surface area contributed by atoms with E-state index in [9.17, 15) is 9.59 Å². The van der Waals surface area contributed by atoms with Crippen LogP contribution in [-0.2, 0) is 14.3 Å². The minimum Gasteiger partial charge on any atom is -0.480 e. The molecular weight excluding hydrogens is 224 g/mol. The second kappa shape index (κ2) is 5.97. The first-order valence-corrected chi connectivity index (χ1v) is 5.76. The highest BCUT2D eigenvalue weighted by Gasteiger charge is 2.29. The molecule has 6 nitrogen and oxygen atoms in total. The van der Waals surface area contributed by atoms with E-state index >= 15 is 0 Å². The SMILES string of the molecule is CC(=O)NC(CNC1(C)CCCOC1)C(=O)O. The predicted molar refractivity (Wildman–Crippen MR) is 61.7 cm³/mol. The standard InChI is InChI=1S/C11H20N2O4/c1-8(14)13-9(10(15)16)6-12-11(2)4-3-5-17-7-11/h9,12H,3-7H2,1-2H3,(H,13,14)(H,15,16). The van der Waals surface area contributed by atoms with Crippen molar-refractivity contribution in [2.75, 3.05) is 19.8 Å². The van der Waals surface area contributed by atoms with Crippen LogP contribution in [0.15, 0.2) is 0 Å². The summed E-state index contributed by atoms with van der Waals surface area (Å²) in [6.07, 6.45) is 1.90. The van der Waals surface area contributed by atoms with Gasteiger partial charge in [0.25, 0.3) is 0 Å². The molecule has 1 aliphatic heterocycles. The van der Waals surface area contributed by atoms with Crippen molar-refractivity contribution >= 4 is 11.9 Å². The molecule has 2 atom stereocenters. The van der Waals surface area contributed by atoms with Gasteiger partial charge in [0.05, 0.1) is 6.61 Å². The van der Waals surface area contributed by atoms with E-state index in [1.54, 1.807) is 0 Å². The van der Waals surface area contributed by atoms with Crippen LogP contribution in [0.3, 0.4) is 0 Å². The van der Waals surface area contributed by atoms with Crippen molar-refractivity contribution in [3.8, 4) is 0 Å². The van der Waals surface area contributed by atoms with E-state index in [1.165, 1.54) is 6.92 Å². The second-order valence-electron chi connectivity index (χ2n) is 4.69. The number of rotatable bonds is 5. The summed E-state index contributed by atoms with van der Waals surface area (Å²) in [5, 5.41) is 14.5. The molecule has 2 unspecified atom stereocenters. The van der Waals surface area contributed by atoms with Crippen molar-refractivity contribution in [3.05, 3.63) is 0 Å². The Kier molecular flexibility index (Phi) is 4.89. The molecule has 0 aromatic carbocycles. The van der Waals surface area contributed by atoms with Crippen molar-refractivity contribution in [1.29, 1.82) is 0 Å². The normalized spacial score (nSPS) is 26.2. The molecule has 0 spiro atoms. The molecule has 0 radical (unpaired) electrons. The van der Waals surface area contributed by atoms with Crippen LogP contribution >= 0.6 is 0 Å². The highest BCUT2D eigenvalue weighted by molar-refractivity contribution is 5.82. The lowest BCUT2D eigenvalue weighted by Gasteiger charge is -2.35. The monoisotopic (exact) mass is 244 g/mol. The molecule has 17 heavy (non-hydrogen) atoms. The van der Waals surface area contributed by atoms with E-state index in [4.69, 9.17) is 9.84 Å². The van der Waals surface area contributed by atoms with Gasteiger partial charge in [-0.05, 0) is 19.8 Å². The average Bonchev–Trinajstić information content (AvgIpc) is 2.24. The van der Waals surface area contributed by atoms with Crippen LogP contribution in [0.1, 0.15) is 26.7 Å². The lowest BCUT2D eigenvalue weighted by molar-refractivity contribution is -0.141. The largest absolute Gasteiger partial charge is 0.480 e. The molecule has 0 saturated carbocycles. The van der Waals surface area contributed by atoms with E-state index in [1.807, 2.05) is 6.92 Å². The third-order valence-corrected chi connectivity index (χ3v) is 2.85. The molecule has 0 bridgehead atoms. The molecule has 1 amide bonds. The molecule has 0 aliphatic carbocycles. The fourth-order valence-electron chi connectivity index (χ4n) is 1.87. The summed E-state index contributed by atoms with van der Waals surface area (Å²) in [6.45, 7) is 4.83. The van der Waals surface area contributed by atoms with Crippen molar-refractivity contribution in [1.82, 2.24) is 10.6 Å². The summed E-state index contributed by atoms with van der Waals surface area (Å²) >= 11 is 0. The van der Waals surface area contributed by atoms with Crippen molar-refractivity contribution < 1.29 is 19.4 Å². The van der Waals surface area contributed by atoms with Gasteiger partial charge in [0.1, 0.15) is 6.04 Å². The van der Waals surface area contributed by atoms with Crippen LogP contribution in [-0.4, -0.2) is 48.3 Å². The van der Waals surface area contributed by atoms with Crippen LogP contribution in [0, 0.1) is 0 Å². The summed E-state index contributed by atoms with van der Waals surface area (Å²) in [4.78, 5) is 21.8. The van der Waals surface area contributed by atoms with Crippen molar-refractivity contribution in [2.45, 2.75) is 38.3 Å². The molecule has 1 fully saturated rings. The van der Waals surface area contributed by atoms with Crippen molar-refractivity contribution in [3.63, 3.8) is 0 Å². The Balaban J connectivity index is 2.45. The first kappa shape index (κ1) is 13.9. The fourth-order valence-corrected chi connectivity index (χ4v) is 1.87. The van der Waals surface area contributed by atoms with Crippen LogP contribution in [0.5, 0.6) is 0 Å². The van der Waals surface area contributed by atoms with E-state index in [0.29, 0.717) is 6.61 Å². The summed E-state index contributed by atoms with van der Waals surface area (Å²) in [6, 6.07) is -0.897. The maximum absolute atomic E-state index is 10.9. The van der Waals surface area contributed by atoms with E-state index in [-0.39, 0.29) is 18.0 Å². The highest BCUT2D eigenvalue weighted by Crippen LogP contribution is 2.17. The molecule has 1 heterocycles. The van der Waals surface area contributed by atoms with Gasteiger partial charge in [-0.15, -0.1) is 0 Å². The minimum absolute atomic E-state index is 0.203. The lowest BCUT2D eigenvalue weighted by atomic mass is 9.94. The number of hydrogen-bond donors (Lipinski definition) is 3. The Morgan fingerprint density at radius 3 is 2.71 bits per heavy atom. The van der Waals surface area contributed by atoms with E-state index < -0.39 is 12.0 Å². The van der Waals surface area contributed by atoms with Gasteiger partial charge in [0.2, 0.25) is 5.91 Å². The molecule has 1 rings (SSSR count). The van der Waals surface area contributed by atoms with Gasteiger partial charge < -0.3 is 20.5 Å². The smallest absolute Gasteiger partial charge is 0.327 e. The molecule has 6 heteroatoms. The zero-order chi connectivity index (χ0) is 12.9. The number of carboxylic acid groups (broad SMARTS) is 1. The molecule has 3 N–H and O–H groups in total. The van der Waals surface area contributed by atoms with Crippen LogP contribution < -0.4 is 10.6 Å². The number of carboxylic acids is 1. The Morgan fingerprint density at radius 2 is 2.24 bits per heavy atom. The van der Waals surface area contributed by atoms with Gasteiger partial charge >= 0.3 is 5.97 Å². The molecule has 1 saturated heterocycles.